The Balaban J connectivity index is 2.49. The number of carboxylic acid groups (broad SMARTS) is 1. The number of benzene rings is 1. The molecule has 0 spiro atoms. The third-order valence-electron chi connectivity index (χ3n) is 2.83. The summed E-state index contributed by atoms with van der Waals surface area (Å²) in [7, 11) is -4.02. The Hall–Kier alpha value is -2.06. The van der Waals surface area contributed by atoms with Crippen molar-refractivity contribution < 1.29 is 18.3 Å². The van der Waals surface area contributed by atoms with E-state index in [1.54, 1.807) is 13.8 Å². The molecule has 0 saturated carbocycles. The van der Waals surface area contributed by atoms with Crippen molar-refractivity contribution in [2.75, 3.05) is 4.72 Å². The molecule has 2 rings (SSSR count). The minimum atomic E-state index is -4.02. The van der Waals surface area contributed by atoms with Crippen LogP contribution < -0.4 is 4.72 Å². The van der Waals surface area contributed by atoms with Gasteiger partial charge in [0.1, 0.15) is 4.90 Å². The minimum Gasteiger partial charge on any atom is -0.478 e. The molecule has 0 unspecified atom stereocenters. The number of aromatic carboxylic acids is 1. The van der Waals surface area contributed by atoms with Crippen LogP contribution >= 0.6 is 11.6 Å². The maximum atomic E-state index is 12.4. The topological polar surface area (TPSA) is 112 Å². The Morgan fingerprint density at radius 2 is 2.05 bits per heavy atom. The molecule has 1 heterocycles. The summed E-state index contributed by atoms with van der Waals surface area (Å²) >= 11 is 5.87. The fraction of sp³-hybridized carbons (Fsp3) is 0.167. The number of nitrogens with zero attached hydrogens (tertiary/aromatic N) is 1. The summed E-state index contributed by atoms with van der Waals surface area (Å²) < 4.78 is 27.1. The maximum absolute atomic E-state index is 12.4. The van der Waals surface area contributed by atoms with Gasteiger partial charge >= 0.3 is 5.97 Å². The third-order valence-corrected chi connectivity index (χ3v) is 4.66. The molecule has 7 nitrogen and oxygen atoms in total. The molecule has 1 aromatic heterocycles. The molecule has 1 aromatic carbocycles. The van der Waals surface area contributed by atoms with E-state index in [2.05, 4.69) is 14.9 Å². The van der Waals surface area contributed by atoms with Crippen molar-refractivity contribution in [2.45, 2.75) is 18.7 Å². The number of aromatic nitrogens is 2. The van der Waals surface area contributed by atoms with Gasteiger partial charge in [0.2, 0.25) is 0 Å². The zero-order valence-electron chi connectivity index (χ0n) is 11.1. The van der Waals surface area contributed by atoms with Gasteiger partial charge in [-0.25, -0.2) is 13.2 Å². The van der Waals surface area contributed by atoms with Gasteiger partial charge in [-0.3, -0.25) is 9.82 Å². The molecule has 9 heteroatoms. The van der Waals surface area contributed by atoms with Crippen molar-refractivity contribution in [3.63, 3.8) is 0 Å². The highest BCUT2D eigenvalue weighted by Crippen LogP contribution is 2.27. The second-order valence-corrected chi connectivity index (χ2v) is 6.42. The van der Waals surface area contributed by atoms with E-state index >= 15 is 0 Å². The third kappa shape index (κ3) is 3.01. The van der Waals surface area contributed by atoms with E-state index in [-0.39, 0.29) is 15.5 Å². The summed E-state index contributed by atoms with van der Waals surface area (Å²) in [5, 5.41) is 15.4. The summed E-state index contributed by atoms with van der Waals surface area (Å²) in [4.78, 5) is 10.6. The van der Waals surface area contributed by atoms with Gasteiger partial charge in [-0.15, -0.1) is 0 Å². The Morgan fingerprint density at radius 1 is 1.38 bits per heavy atom. The van der Waals surface area contributed by atoms with Gasteiger partial charge in [0, 0.05) is 0 Å². The van der Waals surface area contributed by atoms with Crippen molar-refractivity contribution in [3.05, 3.63) is 40.2 Å². The highest BCUT2D eigenvalue weighted by molar-refractivity contribution is 7.92. The summed E-state index contributed by atoms with van der Waals surface area (Å²) in [6, 6.07) is 3.48. The first-order valence-electron chi connectivity index (χ1n) is 5.79. The number of aromatic amines is 1. The van der Waals surface area contributed by atoms with Gasteiger partial charge in [-0.05, 0) is 32.0 Å². The SMILES string of the molecule is Cc1n[nH]c(C)c1NS(=O)(=O)c1cc(C(=O)O)ccc1Cl. The first-order valence-corrected chi connectivity index (χ1v) is 7.65. The zero-order chi connectivity index (χ0) is 15.8. The van der Waals surface area contributed by atoms with E-state index in [1.165, 1.54) is 12.1 Å². The van der Waals surface area contributed by atoms with Gasteiger partial charge in [-0.1, -0.05) is 11.6 Å². The van der Waals surface area contributed by atoms with Crippen LogP contribution in [-0.4, -0.2) is 29.7 Å². The van der Waals surface area contributed by atoms with Crippen LogP contribution in [0.15, 0.2) is 23.1 Å². The van der Waals surface area contributed by atoms with Gasteiger partial charge in [0.05, 0.1) is 27.7 Å². The lowest BCUT2D eigenvalue weighted by molar-refractivity contribution is 0.0696. The number of hydrogen-bond acceptors (Lipinski definition) is 4. The number of rotatable bonds is 4. The number of halogens is 1. The largest absolute Gasteiger partial charge is 0.478 e. The molecule has 2 aromatic rings. The number of hydrogen-bond donors (Lipinski definition) is 3. The van der Waals surface area contributed by atoms with Crippen LogP contribution in [0.25, 0.3) is 0 Å². The van der Waals surface area contributed by atoms with Crippen LogP contribution in [0.2, 0.25) is 5.02 Å². The van der Waals surface area contributed by atoms with E-state index in [9.17, 15) is 13.2 Å². The monoisotopic (exact) mass is 329 g/mol. The van der Waals surface area contributed by atoms with E-state index < -0.39 is 16.0 Å². The molecule has 3 N–H and O–H groups in total. The molecule has 0 radical (unpaired) electrons. The predicted octanol–water partition coefficient (Wildman–Crippen LogP) is 2.18. The lowest BCUT2D eigenvalue weighted by Gasteiger charge is -2.10. The molecule has 0 amide bonds. The van der Waals surface area contributed by atoms with E-state index in [0.29, 0.717) is 17.1 Å². The highest BCUT2D eigenvalue weighted by atomic mass is 35.5. The quantitative estimate of drug-likeness (QED) is 0.795. The average molecular weight is 330 g/mol. The summed E-state index contributed by atoms with van der Waals surface area (Å²) in [6.45, 7) is 3.30. The Bertz CT molecular complexity index is 794. The second kappa shape index (κ2) is 5.38. The molecule has 0 fully saturated rings. The number of H-pyrrole nitrogens is 1. The smallest absolute Gasteiger partial charge is 0.335 e. The molecule has 0 atom stereocenters. The van der Waals surface area contributed by atoms with Gasteiger partial charge in [-0.2, -0.15) is 5.10 Å². The summed E-state index contributed by atoms with van der Waals surface area (Å²) in [5.74, 6) is -1.24. The predicted molar refractivity (Wildman–Crippen MR) is 77.3 cm³/mol. The first-order chi connectivity index (χ1) is 9.72. The van der Waals surface area contributed by atoms with Crippen LogP contribution in [0.5, 0.6) is 0 Å². The Morgan fingerprint density at radius 3 is 2.57 bits per heavy atom. The number of sulfonamides is 1. The normalized spacial score (nSPS) is 11.4. The number of carboxylic acids is 1. The van der Waals surface area contributed by atoms with Crippen molar-refractivity contribution in [3.8, 4) is 0 Å². The van der Waals surface area contributed by atoms with Crippen LogP contribution in [0.4, 0.5) is 5.69 Å². The molecule has 0 bridgehead atoms. The van der Waals surface area contributed by atoms with Gasteiger partial charge in [0.25, 0.3) is 10.0 Å². The Labute approximate surface area is 126 Å². The van der Waals surface area contributed by atoms with Crippen molar-refractivity contribution in [2.24, 2.45) is 0 Å². The molecule has 0 aliphatic rings. The van der Waals surface area contributed by atoms with Gasteiger partial charge in [0.15, 0.2) is 0 Å². The number of carbonyl (C=O) groups is 1. The van der Waals surface area contributed by atoms with Crippen LogP contribution in [0, 0.1) is 13.8 Å². The maximum Gasteiger partial charge on any atom is 0.335 e. The highest BCUT2D eigenvalue weighted by Gasteiger charge is 2.22. The van der Waals surface area contributed by atoms with Crippen molar-refractivity contribution in [1.29, 1.82) is 0 Å². The second-order valence-electron chi connectivity index (χ2n) is 4.36. The Kier molecular flexibility index (Phi) is 3.93. The number of aryl methyl sites for hydroxylation is 2. The van der Waals surface area contributed by atoms with Crippen LogP contribution in [0.3, 0.4) is 0 Å². The molecule has 21 heavy (non-hydrogen) atoms. The minimum absolute atomic E-state index is 0.0636. The molecule has 112 valence electrons. The van der Waals surface area contributed by atoms with Crippen LogP contribution in [0.1, 0.15) is 21.7 Å². The van der Waals surface area contributed by atoms with Crippen molar-refractivity contribution in [1.82, 2.24) is 10.2 Å². The van der Waals surface area contributed by atoms with Crippen LogP contribution in [-0.2, 0) is 10.0 Å². The lowest BCUT2D eigenvalue weighted by atomic mass is 10.2. The lowest BCUT2D eigenvalue weighted by Crippen LogP contribution is -2.15. The summed E-state index contributed by atoms with van der Waals surface area (Å²) in [5.41, 5.74) is 1.16. The standard InChI is InChI=1S/C12H12ClN3O4S/c1-6-11(7(2)15-14-6)16-21(19,20)10-5-8(12(17)18)3-4-9(10)13/h3-5,16H,1-2H3,(H,14,15)(H,17,18). The molecular weight excluding hydrogens is 318 g/mol. The fourth-order valence-corrected chi connectivity index (χ4v) is 3.44. The summed E-state index contributed by atoms with van der Waals surface area (Å²) in [6.07, 6.45) is 0. The number of nitrogens with one attached hydrogen (secondary N) is 2. The van der Waals surface area contributed by atoms with E-state index in [1.807, 2.05) is 0 Å². The molecule has 0 aliphatic carbocycles. The zero-order valence-corrected chi connectivity index (χ0v) is 12.7. The van der Waals surface area contributed by atoms with Crippen molar-refractivity contribution >= 4 is 33.3 Å². The average Bonchev–Trinajstić information content (AvgIpc) is 2.70. The first kappa shape index (κ1) is 15.3. The van der Waals surface area contributed by atoms with E-state index in [0.717, 1.165) is 6.07 Å². The molecule has 0 saturated heterocycles. The molecule has 0 aliphatic heterocycles. The molecular formula is C12H12ClN3O4S. The van der Waals surface area contributed by atoms with Gasteiger partial charge < -0.3 is 5.11 Å². The number of anilines is 1. The fourth-order valence-electron chi connectivity index (χ4n) is 1.73. The van der Waals surface area contributed by atoms with E-state index in [4.69, 9.17) is 16.7 Å².